The second kappa shape index (κ2) is 20.3. The number of hydrogen-bond acceptors (Lipinski definition) is 2. The van der Waals surface area contributed by atoms with Crippen LogP contribution in [0.1, 0.15) is 123 Å². The van der Waals surface area contributed by atoms with Gasteiger partial charge in [0.25, 0.3) is 0 Å². The van der Waals surface area contributed by atoms with E-state index in [9.17, 15) is 4.79 Å². The van der Waals surface area contributed by atoms with Crippen molar-refractivity contribution in [2.45, 2.75) is 129 Å². The Morgan fingerprint density at radius 3 is 1.72 bits per heavy atom. The van der Waals surface area contributed by atoms with Crippen LogP contribution in [0.25, 0.3) is 0 Å². The maximum atomic E-state index is 12.1. The third kappa shape index (κ3) is 18.5. The molecular formula is C22H43BrO2. The van der Waals surface area contributed by atoms with Crippen LogP contribution in [0, 0.1) is 0 Å². The van der Waals surface area contributed by atoms with Gasteiger partial charge in [-0.25, -0.2) is 0 Å². The Kier molecular flexibility index (Phi) is 20.2. The number of ether oxygens (including phenoxy) is 1. The van der Waals surface area contributed by atoms with Gasteiger partial charge in [-0.3, -0.25) is 4.79 Å². The Morgan fingerprint density at radius 1 is 0.720 bits per heavy atom. The summed E-state index contributed by atoms with van der Waals surface area (Å²) in [5.74, 6) is 0.0333. The fraction of sp³-hybridized carbons (Fsp3) is 0.955. The van der Waals surface area contributed by atoms with Gasteiger partial charge in [0.05, 0.1) is 0 Å². The molecule has 2 nitrogen and oxygen atoms in total. The summed E-state index contributed by atoms with van der Waals surface area (Å²) in [6.45, 7) is 4.50. The molecule has 0 aromatic heterocycles. The lowest BCUT2D eigenvalue weighted by molar-refractivity contribution is -0.150. The van der Waals surface area contributed by atoms with Crippen LogP contribution in [0.15, 0.2) is 0 Å². The van der Waals surface area contributed by atoms with E-state index in [0.29, 0.717) is 6.42 Å². The van der Waals surface area contributed by atoms with Crippen LogP contribution in [-0.2, 0) is 9.53 Å². The van der Waals surface area contributed by atoms with Gasteiger partial charge in [-0.2, -0.15) is 0 Å². The molecule has 0 heterocycles. The van der Waals surface area contributed by atoms with Crippen LogP contribution >= 0.6 is 15.9 Å². The maximum absolute atomic E-state index is 12.1. The number of carbonyl (C=O) groups is 1. The fourth-order valence-electron chi connectivity index (χ4n) is 3.18. The van der Waals surface area contributed by atoms with Gasteiger partial charge in [0.15, 0.2) is 0 Å². The fourth-order valence-corrected chi connectivity index (χ4v) is 3.57. The Bertz CT molecular complexity index is 267. The van der Waals surface area contributed by atoms with Crippen LogP contribution in [0.5, 0.6) is 0 Å². The molecule has 0 rings (SSSR count). The normalized spacial score (nSPS) is 11.2. The van der Waals surface area contributed by atoms with Crippen molar-refractivity contribution in [1.29, 1.82) is 0 Å². The van der Waals surface area contributed by atoms with Gasteiger partial charge in [0.1, 0.15) is 6.10 Å². The first kappa shape index (κ1) is 24.9. The zero-order chi connectivity index (χ0) is 18.6. The van der Waals surface area contributed by atoms with Crippen LogP contribution in [-0.4, -0.2) is 17.4 Å². The predicted molar refractivity (Wildman–Crippen MR) is 114 cm³/mol. The number of rotatable bonds is 19. The lowest BCUT2D eigenvalue weighted by atomic mass is 10.0. The summed E-state index contributed by atoms with van der Waals surface area (Å²) in [5, 5.41) is 1.07. The molecule has 0 bridgehead atoms. The molecule has 0 saturated carbocycles. The van der Waals surface area contributed by atoms with E-state index < -0.39 is 0 Å². The summed E-state index contributed by atoms with van der Waals surface area (Å²) in [6, 6.07) is 0. The first-order chi connectivity index (χ1) is 12.2. The van der Waals surface area contributed by atoms with Crippen LogP contribution in [0.4, 0.5) is 0 Å². The molecule has 0 saturated heterocycles. The Labute approximate surface area is 166 Å². The third-order valence-corrected chi connectivity index (χ3v) is 5.38. The highest BCUT2D eigenvalue weighted by molar-refractivity contribution is 9.09. The van der Waals surface area contributed by atoms with Crippen molar-refractivity contribution < 1.29 is 9.53 Å². The van der Waals surface area contributed by atoms with Gasteiger partial charge < -0.3 is 4.74 Å². The first-order valence-electron chi connectivity index (χ1n) is 11.0. The van der Waals surface area contributed by atoms with E-state index >= 15 is 0 Å². The molecule has 0 radical (unpaired) electrons. The van der Waals surface area contributed by atoms with Crippen molar-refractivity contribution in [2.75, 3.05) is 5.33 Å². The average Bonchev–Trinajstić information content (AvgIpc) is 2.61. The van der Waals surface area contributed by atoms with E-state index in [-0.39, 0.29) is 12.1 Å². The van der Waals surface area contributed by atoms with E-state index in [1.807, 2.05) is 0 Å². The van der Waals surface area contributed by atoms with Gasteiger partial charge in [-0.1, -0.05) is 94.0 Å². The van der Waals surface area contributed by atoms with Crippen molar-refractivity contribution in [3.8, 4) is 0 Å². The molecule has 0 aliphatic heterocycles. The minimum atomic E-state index is 0.0333. The zero-order valence-corrected chi connectivity index (χ0v) is 18.6. The Balaban J connectivity index is 3.97. The lowest BCUT2D eigenvalue weighted by Crippen LogP contribution is -2.18. The van der Waals surface area contributed by atoms with E-state index in [1.54, 1.807) is 0 Å². The Hall–Kier alpha value is -0.0500. The predicted octanol–water partition coefficient (Wildman–Crippen LogP) is 7.96. The molecule has 0 atom stereocenters. The highest BCUT2D eigenvalue weighted by atomic mass is 79.9. The Morgan fingerprint density at radius 2 is 1.20 bits per heavy atom. The SMILES string of the molecule is CCCCCCCC(CCCCCCC)OC(=O)CCCCCCBr. The van der Waals surface area contributed by atoms with Crippen LogP contribution in [0.3, 0.4) is 0 Å². The summed E-state index contributed by atoms with van der Waals surface area (Å²) in [7, 11) is 0. The quantitative estimate of drug-likeness (QED) is 0.121. The van der Waals surface area contributed by atoms with Gasteiger partial charge >= 0.3 is 5.97 Å². The highest BCUT2D eigenvalue weighted by Crippen LogP contribution is 2.17. The number of carbonyl (C=O) groups excluding carboxylic acids is 1. The first-order valence-corrected chi connectivity index (χ1v) is 12.1. The van der Waals surface area contributed by atoms with E-state index in [4.69, 9.17) is 4.74 Å². The van der Waals surface area contributed by atoms with E-state index in [0.717, 1.165) is 31.0 Å². The molecule has 0 fully saturated rings. The summed E-state index contributed by atoms with van der Waals surface area (Å²) in [4.78, 5) is 12.1. The summed E-state index contributed by atoms with van der Waals surface area (Å²) < 4.78 is 5.82. The van der Waals surface area contributed by atoms with Gasteiger partial charge in [0, 0.05) is 11.8 Å². The van der Waals surface area contributed by atoms with Crippen LogP contribution in [0.2, 0.25) is 0 Å². The second-order valence-corrected chi connectivity index (χ2v) is 8.16. The maximum Gasteiger partial charge on any atom is 0.306 e. The minimum Gasteiger partial charge on any atom is -0.462 e. The van der Waals surface area contributed by atoms with Crippen molar-refractivity contribution in [3.63, 3.8) is 0 Å². The standard InChI is InChI=1S/C22H43BrO2/c1-3-5-7-9-13-17-21(18-14-10-8-6-4-2)25-22(24)19-15-11-12-16-20-23/h21H,3-20H2,1-2H3. The zero-order valence-electron chi connectivity index (χ0n) is 17.0. The third-order valence-electron chi connectivity index (χ3n) is 4.82. The molecule has 0 aliphatic rings. The topological polar surface area (TPSA) is 26.3 Å². The minimum absolute atomic E-state index is 0.0333. The molecule has 3 heteroatoms. The largest absolute Gasteiger partial charge is 0.462 e. The van der Waals surface area contributed by atoms with Crippen molar-refractivity contribution >= 4 is 21.9 Å². The number of halogens is 1. The second-order valence-electron chi connectivity index (χ2n) is 7.37. The molecule has 0 aromatic rings. The molecule has 0 aromatic carbocycles. The smallest absolute Gasteiger partial charge is 0.306 e. The molecule has 0 unspecified atom stereocenters. The lowest BCUT2D eigenvalue weighted by Gasteiger charge is -2.18. The summed E-state index contributed by atoms with van der Waals surface area (Å²) in [6.07, 6.45) is 20.3. The van der Waals surface area contributed by atoms with E-state index in [2.05, 4.69) is 29.8 Å². The average molecular weight is 419 g/mol. The van der Waals surface area contributed by atoms with Gasteiger partial charge in [-0.05, 0) is 38.5 Å². The monoisotopic (exact) mass is 418 g/mol. The molecular weight excluding hydrogens is 376 g/mol. The van der Waals surface area contributed by atoms with Crippen molar-refractivity contribution in [3.05, 3.63) is 0 Å². The number of hydrogen-bond donors (Lipinski definition) is 0. The number of unbranched alkanes of at least 4 members (excludes halogenated alkanes) is 11. The van der Waals surface area contributed by atoms with Gasteiger partial charge in [0.2, 0.25) is 0 Å². The van der Waals surface area contributed by atoms with Crippen molar-refractivity contribution in [2.24, 2.45) is 0 Å². The molecule has 0 aliphatic carbocycles. The molecule has 150 valence electrons. The summed E-state index contributed by atoms with van der Waals surface area (Å²) in [5.41, 5.74) is 0. The molecule has 0 spiro atoms. The molecule has 0 N–H and O–H groups in total. The van der Waals surface area contributed by atoms with Crippen molar-refractivity contribution in [1.82, 2.24) is 0 Å². The van der Waals surface area contributed by atoms with E-state index in [1.165, 1.54) is 77.0 Å². The number of esters is 1. The number of alkyl halides is 1. The van der Waals surface area contributed by atoms with Crippen LogP contribution < -0.4 is 0 Å². The molecule has 0 amide bonds. The summed E-state index contributed by atoms with van der Waals surface area (Å²) >= 11 is 3.45. The molecule has 25 heavy (non-hydrogen) atoms. The highest BCUT2D eigenvalue weighted by Gasteiger charge is 2.14. The van der Waals surface area contributed by atoms with Gasteiger partial charge in [-0.15, -0.1) is 0 Å².